The van der Waals surface area contributed by atoms with E-state index in [-0.39, 0.29) is 24.4 Å². The zero-order valence-electron chi connectivity index (χ0n) is 7.84. The van der Waals surface area contributed by atoms with Crippen LogP contribution >= 0.6 is 12.4 Å². The standard InChI is InChI=1S/C8H16N2O2.ClH/c1-2-3-10-8(11)7-6-9-4-5-12-7;/h7,9H,2-6H2,1H3,(H,10,11);1H. The van der Waals surface area contributed by atoms with Crippen LogP contribution in [0.25, 0.3) is 0 Å². The Bertz CT molecular complexity index is 149. The Morgan fingerprint density at radius 2 is 2.46 bits per heavy atom. The molecule has 0 spiro atoms. The molecule has 1 atom stereocenters. The van der Waals surface area contributed by atoms with E-state index in [2.05, 4.69) is 10.6 Å². The van der Waals surface area contributed by atoms with Gasteiger partial charge in [0.15, 0.2) is 0 Å². The molecule has 0 aromatic rings. The average molecular weight is 209 g/mol. The van der Waals surface area contributed by atoms with Crippen molar-refractivity contribution in [3.05, 3.63) is 0 Å². The summed E-state index contributed by atoms with van der Waals surface area (Å²) in [5, 5.41) is 5.90. The summed E-state index contributed by atoms with van der Waals surface area (Å²) < 4.78 is 5.26. The molecule has 4 nitrogen and oxygen atoms in total. The van der Waals surface area contributed by atoms with Gasteiger partial charge in [0.05, 0.1) is 6.61 Å². The Morgan fingerprint density at radius 1 is 1.69 bits per heavy atom. The van der Waals surface area contributed by atoms with Crippen LogP contribution in [0.15, 0.2) is 0 Å². The molecule has 0 aromatic heterocycles. The van der Waals surface area contributed by atoms with E-state index in [4.69, 9.17) is 4.74 Å². The predicted molar refractivity (Wildman–Crippen MR) is 53.2 cm³/mol. The first-order chi connectivity index (χ1) is 5.84. The lowest BCUT2D eigenvalue weighted by atomic mass is 10.3. The summed E-state index contributed by atoms with van der Waals surface area (Å²) in [6, 6.07) is 0. The smallest absolute Gasteiger partial charge is 0.250 e. The van der Waals surface area contributed by atoms with Crippen molar-refractivity contribution in [1.82, 2.24) is 10.6 Å². The maximum Gasteiger partial charge on any atom is 0.250 e. The molecule has 1 amide bonds. The van der Waals surface area contributed by atoms with E-state index in [0.717, 1.165) is 19.5 Å². The molecule has 0 saturated carbocycles. The minimum absolute atomic E-state index is 0. The van der Waals surface area contributed by atoms with E-state index in [1.807, 2.05) is 6.92 Å². The Hall–Kier alpha value is -0.320. The van der Waals surface area contributed by atoms with Gasteiger partial charge in [0.25, 0.3) is 0 Å². The summed E-state index contributed by atoms with van der Waals surface area (Å²) in [5.41, 5.74) is 0. The van der Waals surface area contributed by atoms with Gasteiger partial charge >= 0.3 is 0 Å². The summed E-state index contributed by atoms with van der Waals surface area (Å²) in [4.78, 5) is 11.3. The number of ether oxygens (including phenoxy) is 1. The van der Waals surface area contributed by atoms with E-state index < -0.39 is 0 Å². The van der Waals surface area contributed by atoms with Crippen molar-refractivity contribution in [2.75, 3.05) is 26.2 Å². The molecule has 0 radical (unpaired) electrons. The van der Waals surface area contributed by atoms with Crippen LogP contribution < -0.4 is 10.6 Å². The largest absolute Gasteiger partial charge is 0.366 e. The molecule has 1 saturated heterocycles. The van der Waals surface area contributed by atoms with E-state index in [9.17, 15) is 4.79 Å². The molecule has 1 heterocycles. The van der Waals surface area contributed by atoms with Crippen LogP contribution in [0.1, 0.15) is 13.3 Å². The quantitative estimate of drug-likeness (QED) is 0.683. The zero-order chi connectivity index (χ0) is 8.81. The maximum absolute atomic E-state index is 11.3. The van der Waals surface area contributed by atoms with Gasteiger partial charge in [-0.2, -0.15) is 0 Å². The molecule has 1 aliphatic heterocycles. The first-order valence-corrected chi connectivity index (χ1v) is 4.44. The number of carbonyl (C=O) groups excluding carboxylic acids is 1. The van der Waals surface area contributed by atoms with Gasteiger partial charge in [-0.15, -0.1) is 12.4 Å². The topological polar surface area (TPSA) is 50.4 Å². The summed E-state index contributed by atoms with van der Waals surface area (Å²) in [5.74, 6) is 0.00375. The monoisotopic (exact) mass is 208 g/mol. The third kappa shape index (κ3) is 4.45. The van der Waals surface area contributed by atoms with Gasteiger partial charge in [-0.25, -0.2) is 0 Å². The Labute approximate surface area is 84.8 Å². The van der Waals surface area contributed by atoms with Gasteiger partial charge in [-0.1, -0.05) is 6.92 Å². The van der Waals surface area contributed by atoms with E-state index in [1.165, 1.54) is 0 Å². The number of hydrogen-bond donors (Lipinski definition) is 2. The highest BCUT2D eigenvalue weighted by molar-refractivity contribution is 5.85. The van der Waals surface area contributed by atoms with Crippen LogP contribution in [-0.2, 0) is 9.53 Å². The first kappa shape index (κ1) is 12.7. The summed E-state index contributed by atoms with van der Waals surface area (Å²) in [6.07, 6.45) is 0.677. The van der Waals surface area contributed by atoms with Gasteiger partial charge in [0.2, 0.25) is 5.91 Å². The van der Waals surface area contributed by atoms with Gasteiger partial charge < -0.3 is 15.4 Å². The minimum atomic E-state index is -0.287. The second-order valence-electron chi connectivity index (χ2n) is 2.85. The van der Waals surface area contributed by atoms with Crippen molar-refractivity contribution in [2.45, 2.75) is 19.4 Å². The van der Waals surface area contributed by atoms with Crippen LogP contribution in [0.2, 0.25) is 0 Å². The third-order valence-corrected chi connectivity index (χ3v) is 1.77. The number of hydrogen-bond acceptors (Lipinski definition) is 3. The van der Waals surface area contributed by atoms with Crippen LogP contribution in [0.4, 0.5) is 0 Å². The highest BCUT2D eigenvalue weighted by Crippen LogP contribution is 1.95. The first-order valence-electron chi connectivity index (χ1n) is 4.44. The van der Waals surface area contributed by atoms with E-state index >= 15 is 0 Å². The van der Waals surface area contributed by atoms with Crippen LogP contribution in [0, 0.1) is 0 Å². The molecular weight excluding hydrogens is 192 g/mol. The second kappa shape index (κ2) is 7.12. The number of rotatable bonds is 3. The molecule has 0 aromatic carbocycles. The van der Waals surface area contributed by atoms with Crippen molar-refractivity contribution >= 4 is 18.3 Å². The van der Waals surface area contributed by atoms with E-state index in [1.54, 1.807) is 0 Å². The Balaban J connectivity index is 0.00000144. The molecule has 1 fully saturated rings. The minimum Gasteiger partial charge on any atom is -0.366 e. The van der Waals surface area contributed by atoms with Gasteiger partial charge in [-0.3, -0.25) is 4.79 Å². The zero-order valence-corrected chi connectivity index (χ0v) is 8.65. The normalized spacial score (nSPS) is 21.8. The molecule has 0 bridgehead atoms. The maximum atomic E-state index is 11.3. The number of halogens is 1. The lowest BCUT2D eigenvalue weighted by molar-refractivity contribution is -0.134. The average Bonchev–Trinajstić information content (AvgIpc) is 2.15. The molecule has 1 aliphatic rings. The molecule has 5 heteroatoms. The second-order valence-corrected chi connectivity index (χ2v) is 2.85. The lowest BCUT2D eigenvalue weighted by Crippen LogP contribution is -2.47. The van der Waals surface area contributed by atoms with Gasteiger partial charge in [-0.05, 0) is 6.42 Å². The molecular formula is C8H17ClN2O2. The Kier molecular flexibility index (Phi) is 6.94. The molecule has 1 unspecified atom stereocenters. The van der Waals surface area contributed by atoms with Crippen molar-refractivity contribution in [1.29, 1.82) is 0 Å². The molecule has 0 aliphatic carbocycles. The molecule has 13 heavy (non-hydrogen) atoms. The fourth-order valence-corrected chi connectivity index (χ4v) is 1.10. The highest BCUT2D eigenvalue weighted by atomic mass is 35.5. The van der Waals surface area contributed by atoms with Gasteiger partial charge in [0.1, 0.15) is 6.10 Å². The van der Waals surface area contributed by atoms with Crippen molar-refractivity contribution < 1.29 is 9.53 Å². The fraction of sp³-hybridized carbons (Fsp3) is 0.875. The SMILES string of the molecule is CCCNC(=O)C1CNCCO1.Cl. The number of carbonyl (C=O) groups is 1. The Morgan fingerprint density at radius 3 is 3.00 bits per heavy atom. The van der Waals surface area contributed by atoms with Gasteiger partial charge in [0, 0.05) is 19.6 Å². The molecule has 2 N–H and O–H groups in total. The van der Waals surface area contributed by atoms with Crippen molar-refractivity contribution in [3.8, 4) is 0 Å². The fourth-order valence-electron chi connectivity index (χ4n) is 1.10. The van der Waals surface area contributed by atoms with Crippen molar-refractivity contribution in [2.24, 2.45) is 0 Å². The summed E-state index contributed by atoms with van der Waals surface area (Å²) >= 11 is 0. The number of amides is 1. The molecule has 78 valence electrons. The van der Waals surface area contributed by atoms with Crippen LogP contribution in [0.5, 0.6) is 0 Å². The lowest BCUT2D eigenvalue weighted by Gasteiger charge is -2.22. The third-order valence-electron chi connectivity index (χ3n) is 1.77. The summed E-state index contributed by atoms with van der Waals surface area (Å²) in [7, 11) is 0. The molecule has 1 rings (SSSR count). The number of nitrogens with one attached hydrogen (secondary N) is 2. The van der Waals surface area contributed by atoms with Crippen LogP contribution in [0.3, 0.4) is 0 Å². The van der Waals surface area contributed by atoms with E-state index in [0.29, 0.717) is 13.2 Å². The van der Waals surface area contributed by atoms with Crippen molar-refractivity contribution in [3.63, 3.8) is 0 Å². The predicted octanol–water partition coefficient (Wildman–Crippen LogP) is -0.0772. The summed E-state index contributed by atoms with van der Waals surface area (Å²) in [6.45, 7) is 4.87. The van der Waals surface area contributed by atoms with Crippen LogP contribution in [-0.4, -0.2) is 38.3 Å². The number of morpholine rings is 1. The highest BCUT2D eigenvalue weighted by Gasteiger charge is 2.20.